The molecule has 1 heterocycles. The highest BCUT2D eigenvalue weighted by Gasteiger charge is 2.09. The molecule has 5 nitrogen and oxygen atoms in total. The number of anilines is 1. The summed E-state index contributed by atoms with van der Waals surface area (Å²) < 4.78 is 1.65. The number of rotatable bonds is 3. The Morgan fingerprint density at radius 3 is 2.83 bits per heavy atom. The van der Waals surface area contributed by atoms with Crippen LogP contribution < -0.4 is 11.5 Å². The van der Waals surface area contributed by atoms with Crippen LogP contribution in [0.5, 0.6) is 0 Å². The fourth-order valence-corrected chi connectivity index (χ4v) is 1.04. The number of nitrogens with zero attached hydrogens (tertiary/aromatic N) is 2. The number of aliphatic hydroxyl groups excluding tert-OH is 1. The maximum Gasteiger partial charge on any atom is 0.0733 e. The summed E-state index contributed by atoms with van der Waals surface area (Å²) in [6.07, 6.45) is 1.49. The molecule has 0 fully saturated rings. The van der Waals surface area contributed by atoms with Crippen molar-refractivity contribution < 1.29 is 5.11 Å². The normalized spacial score (nSPS) is 13.2. The second-order valence-electron chi connectivity index (χ2n) is 2.76. The van der Waals surface area contributed by atoms with Crippen LogP contribution in [0.25, 0.3) is 0 Å². The maximum atomic E-state index is 9.26. The van der Waals surface area contributed by atoms with E-state index in [2.05, 4.69) is 5.10 Å². The number of nitrogen functional groups attached to an aromatic ring is 1. The van der Waals surface area contributed by atoms with E-state index in [-0.39, 0.29) is 6.54 Å². The lowest BCUT2D eigenvalue weighted by Crippen LogP contribution is -2.23. The molecule has 0 aromatic carbocycles. The lowest BCUT2D eigenvalue weighted by atomic mass is 10.2. The van der Waals surface area contributed by atoms with E-state index < -0.39 is 6.10 Å². The smallest absolute Gasteiger partial charge is 0.0733 e. The molecule has 5 N–H and O–H groups in total. The minimum absolute atomic E-state index is 0.241. The number of nitrogens with two attached hydrogens (primary N) is 2. The van der Waals surface area contributed by atoms with Crippen molar-refractivity contribution in [1.29, 1.82) is 0 Å². The summed E-state index contributed by atoms with van der Waals surface area (Å²) >= 11 is 0. The van der Waals surface area contributed by atoms with Gasteiger partial charge in [0.15, 0.2) is 0 Å². The van der Waals surface area contributed by atoms with Gasteiger partial charge in [-0.15, -0.1) is 0 Å². The molecule has 12 heavy (non-hydrogen) atoms. The van der Waals surface area contributed by atoms with E-state index in [9.17, 15) is 5.11 Å². The van der Waals surface area contributed by atoms with Crippen LogP contribution in [0.1, 0.15) is 5.69 Å². The quantitative estimate of drug-likeness (QED) is 0.535. The molecule has 1 unspecified atom stereocenters. The van der Waals surface area contributed by atoms with Gasteiger partial charge in [0, 0.05) is 20.0 Å². The Labute approximate surface area is 71.0 Å². The van der Waals surface area contributed by atoms with Crippen molar-refractivity contribution >= 4 is 5.69 Å². The molecular formula is C7H14N4O. The summed E-state index contributed by atoms with van der Waals surface area (Å²) in [4.78, 5) is 0. The highest BCUT2D eigenvalue weighted by atomic mass is 16.3. The molecule has 1 atom stereocenters. The van der Waals surface area contributed by atoms with Crippen molar-refractivity contribution in [1.82, 2.24) is 9.78 Å². The molecule has 1 aromatic rings. The van der Waals surface area contributed by atoms with Gasteiger partial charge in [-0.25, -0.2) is 0 Å². The molecular weight excluding hydrogens is 156 g/mol. The van der Waals surface area contributed by atoms with Crippen molar-refractivity contribution in [3.63, 3.8) is 0 Å². The average molecular weight is 170 g/mol. The molecule has 0 bridgehead atoms. The molecule has 0 saturated heterocycles. The van der Waals surface area contributed by atoms with Gasteiger partial charge in [-0.05, 0) is 0 Å². The molecule has 0 aliphatic carbocycles. The van der Waals surface area contributed by atoms with Gasteiger partial charge in [0.2, 0.25) is 0 Å². The molecule has 0 aliphatic heterocycles. The summed E-state index contributed by atoms with van der Waals surface area (Å²) in [6, 6.07) is 0. The van der Waals surface area contributed by atoms with Gasteiger partial charge in [-0.1, -0.05) is 0 Å². The standard InChI is InChI=1S/C7H14N4O/c1-11-7(2-5(12)3-8)6(9)4-10-11/h4-5,12H,2-3,8-9H2,1H3. The van der Waals surface area contributed by atoms with Crippen molar-refractivity contribution in [2.24, 2.45) is 12.8 Å². The van der Waals surface area contributed by atoms with Crippen molar-refractivity contribution in [2.75, 3.05) is 12.3 Å². The number of hydrogen-bond acceptors (Lipinski definition) is 4. The Morgan fingerprint density at radius 2 is 2.42 bits per heavy atom. The van der Waals surface area contributed by atoms with Crippen LogP contribution >= 0.6 is 0 Å². The minimum atomic E-state index is -0.539. The van der Waals surface area contributed by atoms with Crippen molar-refractivity contribution in [3.8, 4) is 0 Å². The summed E-state index contributed by atoms with van der Waals surface area (Å²) in [7, 11) is 1.79. The average Bonchev–Trinajstić information content (AvgIpc) is 2.35. The Hall–Kier alpha value is -1.07. The van der Waals surface area contributed by atoms with Gasteiger partial charge in [0.1, 0.15) is 0 Å². The zero-order valence-electron chi connectivity index (χ0n) is 7.07. The zero-order chi connectivity index (χ0) is 9.14. The second kappa shape index (κ2) is 3.55. The largest absolute Gasteiger partial charge is 0.396 e. The first kappa shape index (κ1) is 9.02. The first-order valence-corrected chi connectivity index (χ1v) is 3.79. The van der Waals surface area contributed by atoms with Crippen molar-refractivity contribution in [3.05, 3.63) is 11.9 Å². The Balaban J connectivity index is 2.73. The molecule has 5 heteroatoms. The van der Waals surface area contributed by atoms with E-state index in [0.29, 0.717) is 12.1 Å². The summed E-state index contributed by atoms with van der Waals surface area (Å²) in [6.45, 7) is 0.241. The van der Waals surface area contributed by atoms with Gasteiger partial charge in [0.25, 0.3) is 0 Å². The highest BCUT2D eigenvalue weighted by molar-refractivity contribution is 5.41. The number of aromatic nitrogens is 2. The predicted octanol–water partition coefficient (Wildman–Crippen LogP) is -1.14. The fourth-order valence-electron chi connectivity index (χ4n) is 1.04. The Bertz CT molecular complexity index is 238. The zero-order valence-corrected chi connectivity index (χ0v) is 7.07. The molecule has 1 rings (SSSR count). The summed E-state index contributed by atoms with van der Waals surface area (Å²) in [5.41, 5.74) is 12.3. The lowest BCUT2D eigenvalue weighted by Gasteiger charge is -2.08. The molecule has 1 aromatic heterocycles. The Kier molecular flexibility index (Phi) is 2.67. The van der Waals surface area contributed by atoms with Crippen LogP contribution in [0.3, 0.4) is 0 Å². The van der Waals surface area contributed by atoms with E-state index in [1.165, 1.54) is 0 Å². The SMILES string of the molecule is Cn1ncc(N)c1CC(O)CN. The molecule has 0 spiro atoms. The maximum absolute atomic E-state index is 9.26. The number of aryl methyl sites for hydroxylation is 1. The summed E-state index contributed by atoms with van der Waals surface area (Å²) in [5.74, 6) is 0. The van der Waals surface area contributed by atoms with Crippen LogP contribution in [-0.4, -0.2) is 27.5 Å². The number of aliphatic hydroxyl groups is 1. The van der Waals surface area contributed by atoms with Gasteiger partial charge >= 0.3 is 0 Å². The molecule has 0 aliphatic rings. The second-order valence-corrected chi connectivity index (χ2v) is 2.76. The van der Waals surface area contributed by atoms with Gasteiger partial charge in [-0.3, -0.25) is 4.68 Å². The van der Waals surface area contributed by atoms with Crippen LogP contribution in [-0.2, 0) is 13.5 Å². The fraction of sp³-hybridized carbons (Fsp3) is 0.571. The predicted molar refractivity (Wildman–Crippen MR) is 46.4 cm³/mol. The van der Waals surface area contributed by atoms with Crippen LogP contribution in [0.15, 0.2) is 6.20 Å². The highest BCUT2D eigenvalue weighted by Crippen LogP contribution is 2.11. The monoisotopic (exact) mass is 170 g/mol. The van der Waals surface area contributed by atoms with E-state index in [4.69, 9.17) is 11.5 Å². The Morgan fingerprint density at radius 1 is 1.75 bits per heavy atom. The minimum Gasteiger partial charge on any atom is -0.396 e. The van der Waals surface area contributed by atoms with Crippen LogP contribution in [0.4, 0.5) is 5.69 Å². The molecule has 0 radical (unpaired) electrons. The van der Waals surface area contributed by atoms with Gasteiger partial charge in [0.05, 0.1) is 23.7 Å². The number of hydrogen-bond donors (Lipinski definition) is 3. The third-order valence-corrected chi connectivity index (χ3v) is 1.79. The van der Waals surface area contributed by atoms with Crippen molar-refractivity contribution in [2.45, 2.75) is 12.5 Å². The lowest BCUT2D eigenvalue weighted by molar-refractivity contribution is 0.181. The van der Waals surface area contributed by atoms with E-state index in [0.717, 1.165) is 5.69 Å². The topological polar surface area (TPSA) is 90.1 Å². The molecule has 0 amide bonds. The summed E-state index contributed by atoms with van der Waals surface area (Å²) in [5, 5.41) is 13.2. The van der Waals surface area contributed by atoms with E-state index in [1.54, 1.807) is 17.9 Å². The molecule has 68 valence electrons. The third kappa shape index (κ3) is 1.75. The third-order valence-electron chi connectivity index (χ3n) is 1.79. The first-order chi connectivity index (χ1) is 5.65. The van der Waals surface area contributed by atoms with Gasteiger partial charge in [-0.2, -0.15) is 5.10 Å². The van der Waals surface area contributed by atoms with E-state index >= 15 is 0 Å². The van der Waals surface area contributed by atoms with E-state index in [1.807, 2.05) is 0 Å². The van der Waals surface area contributed by atoms with Crippen LogP contribution in [0.2, 0.25) is 0 Å². The van der Waals surface area contributed by atoms with Crippen LogP contribution in [0, 0.1) is 0 Å². The first-order valence-electron chi connectivity index (χ1n) is 3.79. The molecule has 0 saturated carbocycles. The van der Waals surface area contributed by atoms with Gasteiger partial charge < -0.3 is 16.6 Å².